The number of nitrogens with zero attached hydrogens (tertiary/aromatic N) is 1. The quantitative estimate of drug-likeness (QED) is 0.923. The minimum absolute atomic E-state index is 0.0350. The Labute approximate surface area is 132 Å². The van der Waals surface area contributed by atoms with Gasteiger partial charge in [0.25, 0.3) is 5.91 Å². The van der Waals surface area contributed by atoms with Gasteiger partial charge in [-0.2, -0.15) is 0 Å². The molecule has 2 rings (SSSR count). The third-order valence-electron chi connectivity index (χ3n) is 4.53. The van der Waals surface area contributed by atoms with Crippen LogP contribution in [-0.4, -0.2) is 29.9 Å². The summed E-state index contributed by atoms with van der Waals surface area (Å²) in [6.07, 6.45) is 4.56. The van der Waals surface area contributed by atoms with Gasteiger partial charge < -0.3 is 10.6 Å². The van der Waals surface area contributed by atoms with Crippen LogP contribution in [0.4, 0.5) is 0 Å². The zero-order chi connectivity index (χ0) is 15.4. The van der Waals surface area contributed by atoms with Crippen molar-refractivity contribution in [3.05, 3.63) is 34.3 Å². The molecule has 1 aliphatic rings. The molecule has 2 N–H and O–H groups in total. The Morgan fingerprint density at radius 3 is 2.71 bits per heavy atom. The Kier molecular flexibility index (Phi) is 5.65. The number of nitrogens with two attached hydrogens (primary N) is 1. The van der Waals surface area contributed by atoms with Crippen molar-refractivity contribution in [3.8, 4) is 0 Å². The summed E-state index contributed by atoms with van der Waals surface area (Å²) in [5.41, 5.74) is 7.58. The van der Waals surface area contributed by atoms with Crippen molar-refractivity contribution in [3.63, 3.8) is 0 Å². The van der Waals surface area contributed by atoms with Crippen LogP contribution in [0.3, 0.4) is 0 Å². The molecular formula is C17H25ClN2O. The molecule has 3 nitrogen and oxygen atoms in total. The Balaban J connectivity index is 2.25. The molecule has 1 aliphatic carbocycles. The van der Waals surface area contributed by atoms with E-state index < -0.39 is 0 Å². The molecular weight excluding hydrogens is 284 g/mol. The molecule has 21 heavy (non-hydrogen) atoms. The fourth-order valence-corrected chi connectivity index (χ4v) is 3.67. The van der Waals surface area contributed by atoms with Crippen LogP contribution in [0, 0.1) is 12.8 Å². The topological polar surface area (TPSA) is 46.3 Å². The van der Waals surface area contributed by atoms with Gasteiger partial charge in [0.1, 0.15) is 0 Å². The molecule has 0 aliphatic heterocycles. The molecule has 116 valence electrons. The lowest BCUT2D eigenvalue weighted by molar-refractivity contribution is 0.0560. The van der Waals surface area contributed by atoms with Crippen LogP contribution in [-0.2, 0) is 0 Å². The Hall–Kier alpha value is -1.06. The molecule has 1 amide bonds. The summed E-state index contributed by atoms with van der Waals surface area (Å²) in [6.45, 7) is 5.35. The fourth-order valence-electron chi connectivity index (χ4n) is 3.35. The number of hydrogen-bond acceptors (Lipinski definition) is 2. The fraction of sp³-hybridized carbons (Fsp3) is 0.588. The van der Waals surface area contributed by atoms with Crippen LogP contribution in [0.15, 0.2) is 18.2 Å². The van der Waals surface area contributed by atoms with Gasteiger partial charge in [0.15, 0.2) is 0 Å². The summed E-state index contributed by atoms with van der Waals surface area (Å²) in [7, 11) is 0. The number of aryl methyl sites for hydroxylation is 1. The molecule has 0 aromatic heterocycles. The van der Waals surface area contributed by atoms with Gasteiger partial charge in [-0.25, -0.2) is 0 Å². The van der Waals surface area contributed by atoms with Gasteiger partial charge in [-0.1, -0.05) is 30.5 Å². The molecule has 0 heterocycles. The highest BCUT2D eigenvalue weighted by Crippen LogP contribution is 2.30. The van der Waals surface area contributed by atoms with Gasteiger partial charge in [0.2, 0.25) is 0 Å². The van der Waals surface area contributed by atoms with Gasteiger partial charge in [-0.3, -0.25) is 4.79 Å². The molecule has 1 saturated carbocycles. The largest absolute Gasteiger partial charge is 0.336 e. The molecule has 1 aromatic carbocycles. The van der Waals surface area contributed by atoms with E-state index >= 15 is 0 Å². The van der Waals surface area contributed by atoms with Gasteiger partial charge in [0.05, 0.1) is 10.6 Å². The molecule has 0 saturated heterocycles. The molecule has 0 spiro atoms. The predicted octanol–water partition coefficient (Wildman–Crippen LogP) is 3.63. The average molecular weight is 309 g/mol. The highest BCUT2D eigenvalue weighted by molar-refractivity contribution is 6.33. The van der Waals surface area contributed by atoms with E-state index in [4.69, 9.17) is 17.3 Å². The van der Waals surface area contributed by atoms with E-state index in [-0.39, 0.29) is 11.9 Å². The lowest BCUT2D eigenvalue weighted by Gasteiger charge is -2.39. The Bertz CT molecular complexity index is 504. The number of benzene rings is 1. The zero-order valence-corrected chi connectivity index (χ0v) is 13.7. The van der Waals surface area contributed by atoms with Gasteiger partial charge >= 0.3 is 0 Å². The SMILES string of the molecule is CCN(C(=O)c1ccc(C)cc1Cl)C1CCCCC1CN. The van der Waals surface area contributed by atoms with Crippen molar-refractivity contribution in [2.45, 2.75) is 45.6 Å². The molecule has 0 bridgehead atoms. The third-order valence-corrected chi connectivity index (χ3v) is 4.84. The zero-order valence-electron chi connectivity index (χ0n) is 12.9. The van der Waals surface area contributed by atoms with Crippen LogP contribution in [0.25, 0.3) is 0 Å². The van der Waals surface area contributed by atoms with Crippen molar-refractivity contribution in [1.82, 2.24) is 4.90 Å². The van der Waals surface area contributed by atoms with E-state index in [1.54, 1.807) is 0 Å². The van der Waals surface area contributed by atoms with Gasteiger partial charge in [-0.15, -0.1) is 0 Å². The highest BCUT2D eigenvalue weighted by Gasteiger charge is 2.32. The van der Waals surface area contributed by atoms with Crippen LogP contribution in [0.5, 0.6) is 0 Å². The number of amides is 1. The molecule has 1 fully saturated rings. The minimum Gasteiger partial charge on any atom is -0.336 e. The molecule has 2 unspecified atom stereocenters. The first-order chi connectivity index (χ1) is 10.1. The van der Waals surface area contributed by atoms with E-state index in [9.17, 15) is 4.79 Å². The summed E-state index contributed by atoms with van der Waals surface area (Å²) in [5.74, 6) is 0.444. The maximum Gasteiger partial charge on any atom is 0.255 e. The van der Waals surface area contributed by atoms with E-state index in [0.29, 0.717) is 29.6 Å². The maximum atomic E-state index is 12.9. The van der Waals surface area contributed by atoms with Crippen molar-refractivity contribution in [2.24, 2.45) is 11.7 Å². The van der Waals surface area contributed by atoms with Crippen LogP contribution >= 0.6 is 11.6 Å². The molecule has 1 aromatic rings. The summed E-state index contributed by atoms with van der Waals surface area (Å²) in [6, 6.07) is 5.87. The standard InChI is InChI=1S/C17H25ClN2O/c1-3-20(16-7-5-4-6-13(16)11-19)17(21)14-9-8-12(2)10-15(14)18/h8-10,13,16H,3-7,11,19H2,1-2H3. The molecule has 0 radical (unpaired) electrons. The highest BCUT2D eigenvalue weighted by atomic mass is 35.5. The van der Waals surface area contributed by atoms with Gasteiger partial charge in [0, 0.05) is 12.6 Å². The van der Waals surface area contributed by atoms with E-state index in [0.717, 1.165) is 18.4 Å². The summed E-state index contributed by atoms with van der Waals surface area (Å²) >= 11 is 6.26. The number of carbonyl (C=O) groups is 1. The molecule has 2 atom stereocenters. The lowest BCUT2D eigenvalue weighted by Crippen LogP contribution is -2.48. The lowest BCUT2D eigenvalue weighted by atomic mass is 9.83. The smallest absolute Gasteiger partial charge is 0.255 e. The van der Waals surface area contributed by atoms with Gasteiger partial charge in [-0.05, 0) is 56.8 Å². The number of hydrogen-bond donors (Lipinski definition) is 1. The van der Waals surface area contributed by atoms with Crippen molar-refractivity contribution in [2.75, 3.05) is 13.1 Å². The maximum absolute atomic E-state index is 12.9. The Morgan fingerprint density at radius 1 is 1.38 bits per heavy atom. The number of halogens is 1. The van der Waals surface area contributed by atoms with Crippen molar-refractivity contribution < 1.29 is 4.79 Å². The number of carbonyl (C=O) groups excluding carboxylic acids is 1. The average Bonchev–Trinajstić information content (AvgIpc) is 2.48. The molecule has 4 heteroatoms. The Morgan fingerprint density at radius 2 is 2.10 bits per heavy atom. The third kappa shape index (κ3) is 3.58. The summed E-state index contributed by atoms with van der Waals surface area (Å²) < 4.78 is 0. The summed E-state index contributed by atoms with van der Waals surface area (Å²) in [5, 5.41) is 0.540. The first kappa shape index (κ1) is 16.3. The van der Waals surface area contributed by atoms with Crippen molar-refractivity contribution >= 4 is 17.5 Å². The van der Waals surface area contributed by atoms with Crippen LogP contribution < -0.4 is 5.73 Å². The van der Waals surface area contributed by atoms with Crippen molar-refractivity contribution in [1.29, 1.82) is 0 Å². The van der Waals surface area contributed by atoms with E-state index in [1.807, 2.05) is 36.9 Å². The van der Waals surface area contributed by atoms with Crippen LogP contribution in [0.1, 0.15) is 48.5 Å². The van der Waals surface area contributed by atoms with E-state index in [1.165, 1.54) is 12.8 Å². The monoisotopic (exact) mass is 308 g/mol. The minimum atomic E-state index is 0.0350. The number of rotatable bonds is 4. The first-order valence-corrected chi connectivity index (χ1v) is 8.23. The summed E-state index contributed by atoms with van der Waals surface area (Å²) in [4.78, 5) is 14.8. The normalized spacial score (nSPS) is 22.1. The van der Waals surface area contributed by atoms with Crippen LogP contribution in [0.2, 0.25) is 5.02 Å². The first-order valence-electron chi connectivity index (χ1n) is 7.85. The predicted molar refractivity (Wildman–Crippen MR) is 87.7 cm³/mol. The second kappa shape index (κ2) is 7.28. The second-order valence-corrected chi connectivity index (χ2v) is 6.33. The second-order valence-electron chi connectivity index (χ2n) is 5.92. The van der Waals surface area contributed by atoms with E-state index in [2.05, 4.69) is 0 Å².